The lowest BCUT2D eigenvalue weighted by Crippen LogP contribution is -2.38. The Morgan fingerprint density at radius 2 is 2.05 bits per heavy atom. The number of carbonyl (C=O) groups excluding carboxylic acids is 2. The van der Waals surface area contributed by atoms with E-state index in [1.807, 2.05) is 5.38 Å². The van der Waals surface area contributed by atoms with Crippen molar-refractivity contribution in [2.75, 3.05) is 7.05 Å². The number of thiophene rings is 1. The van der Waals surface area contributed by atoms with Gasteiger partial charge in [0.2, 0.25) is 5.91 Å². The minimum Gasteiger partial charge on any atom is -0.346 e. The molecule has 1 aromatic heterocycles. The fraction of sp³-hybridized carbons (Fsp3) is 0.250. The summed E-state index contributed by atoms with van der Waals surface area (Å²) in [6, 6.07) is 7.17. The van der Waals surface area contributed by atoms with E-state index in [1.54, 1.807) is 35.5 Å². The van der Waals surface area contributed by atoms with Crippen LogP contribution in [0.5, 0.6) is 0 Å². The van der Waals surface area contributed by atoms with Crippen molar-refractivity contribution in [2.24, 2.45) is 0 Å². The second-order valence-electron chi connectivity index (χ2n) is 5.30. The van der Waals surface area contributed by atoms with E-state index in [0.29, 0.717) is 5.56 Å². The third-order valence-corrected chi connectivity index (χ3v) is 4.58. The molecule has 2 heterocycles. The van der Waals surface area contributed by atoms with E-state index < -0.39 is 0 Å². The predicted octanol–water partition coefficient (Wildman–Crippen LogP) is 2.59. The maximum absolute atomic E-state index is 13.1. The van der Waals surface area contributed by atoms with Gasteiger partial charge in [0.15, 0.2) is 0 Å². The van der Waals surface area contributed by atoms with Gasteiger partial charge in [0, 0.05) is 24.4 Å². The standard InChI is InChI=1S/C16H15FN2O2S/c1-19-14(20)8-13(18-16(21)11-6-7-22-9-11)15(19)10-2-4-12(17)5-3-10/h2-7,9,13,15H,8H2,1H3,(H,18,21)/t13-,15+/m1/s1. The first kappa shape index (κ1) is 14.7. The van der Waals surface area contributed by atoms with Crippen molar-refractivity contribution in [2.45, 2.75) is 18.5 Å². The summed E-state index contributed by atoms with van der Waals surface area (Å²) >= 11 is 1.45. The second kappa shape index (κ2) is 5.88. The third kappa shape index (κ3) is 2.74. The molecule has 0 unspecified atom stereocenters. The summed E-state index contributed by atoms with van der Waals surface area (Å²) in [5.41, 5.74) is 1.40. The smallest absolute Gasteiger partial charge is 0.252 e. The highest BCUT2D eigenvalue weighted by Crippen LogP contribution is 2.32. The lowest BCUT2D eigenvalue weighted by Gasteiger charge is -2.26. The molecule has 2 atom stereocenters. The molecule has 1 aliphatic heterocycles. The van der Waals surface area contributed by atoms with E-state index in [-0.39, 0.29) is 36.1 Å². The van der Waals surface area contributed by atoms with E-state index in [4.69, 9.17) is 0 Å². The summed E-state index contributed by atoms with van der Waals surface area (Å²) in [4.78, 5) is 25.8. The van der Waals surface area contributed by atoms with E-state index in [0.717, 1.165) is 5.56 Å². The van der Waals surface area contributed by atoms with Crippen LogP contribution < -0.4 is 5.32 Å². The number of carbonyl (C=O) groups is 2. The molecule has 2 amide bonds. The van der Waals surface area contributed by atoms with Crippen molar-refractivity contribution in [1.82, 2.24) is 10.2 Å². The van der Waals surface area contributed by atoms with Crippen LogP contribution in [0.25, 0.3) is 0 Å². The van der Waals surface area contributed by atoms with Gasteiger partial charge in [-0.25, -0.2) is 4.39 Å². The molecule has 2 aromatic rings. The highest BCUT2D eigenvalue weighted by Gasteiger charge is 2.39. The van der Waals surface area contributed by atoms with Crippen LogP contribution >= 0.6 is 11.3 Å². The average molecular weight is 318 g/mol. The van der Waals surface area contributed by atoms with Crippen molar-refractivity contribution in [3.63, 3.8) is 0 Å². The molecule has 1 fully saturated rings. The number of nitrogens with zero attached hydrogens (tertiary/aromatic N) is 1. The lowest BCUT2D eigenvalue weighted by atomic mass is 10.00. The highest BCUT2D eigenvalue weighted by atomic mass is 32.1. The van der Waals surface area contributed by atoms with Gasteiger partial charge in [0.1, 0.15) is 5.82 Å². The van der Waals surface area contributed by atoms with Gasteiger partial charge in [-0.1, -0.05) is 12.1 Å². The number of likely N-dealkylation sites (tertiary alicyclic amines) is 1. The SMILES string of the molecule is CN1C(=O)C[C@@H](NC(=O)c2ccsc2)[C@@H]1c1ccc(F)cc1. The topological polar surface area (TPSA) is 49.4 Å². The molecule has 0 aliphatic carbocycles. The third-order valence-electron chi connectivity index (χ3n) is 3.90. The number of benzene rings is 1. The van der Waals surface area contributed by atoms with Gasteiger partial charge in [-0.15, -0.1) is 0 Å². The summed E-state index contributed by atoms with van der Waals surface area (Å²) in [6.45, 7) is 0. The Bertz CT molecular complexity index is 685. The molecule has 0 bridgehead atoms. The van der Waals surface area contributed by atoms with Gasteiger partial charge in [-0.05, 0) is 29.1 Å². The van der Waals surface area contributed by atoms with E-state index >= 15 is 0 Å². The molecule has 0 radical (unpaired) electrons. The Morgan fingerprint density at radius 3 is 2.68 bits per heavy atom. The van der Waals surface area contributed by atoms with Crippen LogP contribution in [0.3, 0.4) is 0 Å². The van der Waals surface area contributed by atoms with E-state index in [2.05, 4.69) is 5.32 Å². The average Bonchev–Trinajstić information content (AvgIpc) is 3.11. The van der Waals surface area contributed by atoms with Gasteiger partial charge in [-0.3, -0.25) is 9.59 Å². The van der Waals surface area contributed by atoms with Gasteiger partial charge in [0.05, 0.1) is 12.1 Å². The zero-order valence-corrected chi connectivity index (χ0v) is 12.8. The zero-order valence-electron chi connectivity index (χ0n) is 12.0. The summed E-state index contributed by atoms with van der Waals surface area (Å²) < 4.78 is 13.1. The van der Waals surface area contributed by atoms with Crippen LogP contribution in [0, 0.1) is 5.82 Å². The van der Waals surface area contributed by atoms with Crippen molar-refractivity contribution < 1.29 is 14.0 Å². The number of likely N-dealkylation sites (N-methyl/N-ethyl adjacent to an activating group) is 1. The molecule has 22 heavy (non-hydrogen) atoms. The minimum atomic E-state index is -0.324. The van der Waals surface area contributed by atoms with Crippen molar-refractivity contribution in [3.8, 4) is 0 Å². The van der Waals surface area contributed by atoms with Crippen LogP contribution in [0.2, 0.25) is 0 Å². The van der Waals surface area contributed by atoms with E-state index in [1.165, 1.54) is 23.5 Å². The first-order valence-corrected chi connectivity index (χ1v) is 7.84. The number of amides is 2. The maximum atomic E-state index is 13.1. The highest BCUT2D eigenvalue weighted by molar-refractivity contribution is 7.08. The molecule has 1 N–H and O–H groups in total. The van der Waals surface area contributed by atoms with Crippen LogP contribution in [-0.4, -0.2) is 29.8 Å². The van der Waals surface area contributed by atoms with Crippen molar-refractivity contribution >= 4 is 23.2 Å². The number of halogens is 1. The fourth-order valence-electron chi connectivity index (χ4n) is 2.76. The summed E-state index contributed by atoms with van der Waals surface area (Å²) in [5, 5.41) is 6.51. The van der Waals surface area contributed by atoms with Gasteiger partial charge >= 0.3 is 0 Å². The largest absolute Gasteiger partial charge is 0.346 e. The van der Waals surface area contributed by atoms with Gasteiger partial charge in [0.25, 0.3) is 5.91 Å². The Labute approximate surface area is 131 Å². The van der Waals surface area contributed by atoms with Gasteiger partial charge in [-0.2, -0.15) is 11.3 Å². The van der Waals surface area contributed by atoms with E-state index in [9.17, 15) is 14.0 Å². The second-order valence-corrected chi connectivity index (χ2v) is 6.08. The van der Waals surface area contributed by atoms with Crippen LogP contribution in [0.1, 0.15) is 28.4 Å². The van der Waals surface area contributed by atoms with Crippen LogP contribution in [-0.2, 0) is 4.79 Å². The molecular weight excluding hydrogens is 303 g/mol. The lowest BCUT2D eigenvalue weighted by molar-refractivity contribution is -0.127. The minimum absolute atomic E-state index is 0.0371. The summed E-state index contributed by atoms with van der Waals surface area (Å²) in [6.07, 6.45) is 0.244. The van der Waals surface area contributed by atoms with Crippen LogP contribution in [0.4, 0.5) is 4.39 Å². The molecule has 0 spiro atoms. The fourth-order valence-corrected chi connectivity index (χ4v) is 3.40. The Kier molecular flexibility index (Phi) is 3.94. The first-order chi connectivity index (χ1) is 10.6. The molecular formula is C16H15FN2O2S. The maximum Gasteiger partial charge on any atom is 0.252 e. The molecule has 3 rings (SSSR count). The molecule has 1 saturated heterocycles. The van der Waals surface area contributed by atoms with Gasteiger partial charge < -0.3 is 10.2 Å². The molecule has 0 saturated carbocycles. The molecule has 1 aliphatic rings. The zero-order chi connectivity index (χ0) is 15.7. The number of nitrogens with one attached hydrogen (secondary N) is 1. The molecule has 1 aromatic carbocycles. The summed E-state index contributed by atoms with van der Waals surface area (Å²) in [7, 11) is 1.70. The number of rotatable bonds is 3. The monoisotopic (exact) mass is 318 g/mol. The molecule has 6 heteroatoms. The number of hydrogen-bond acceptors (Lipinski definition) is 3. The normalized spacial score (nSPS) is 21.2. The first-order valence-electron chi connectivity index (χ1n) is 6.90. The van der Waals surface area contributed by atoms with Crippen molar-refractivity contribution in [3.05, 3.63) is 58.0 Å². The quantitative estimate of drug-likeness (QED) is 0.945. The Balaban J connectivity index is 1.83. The van der Waals surface area contributed by atoms with Crippen molar-refractivity contribution in [1.29, 1.82) is 0 Å². The Morgan fingerprint density at radius 1 is 1.32 bits per heavy atom. The van der Waals surface area contributed by atoms with Crippen LogP contribution in [0.15, 0.2) is 41.1 Å². The number of hydrogen-bond donors (Lipinski definition) is 1. The Hall–Kier alpha value is -2.21. The predicted molar refractivity (Wildman–Crippen MR) is 82.1 cm³/mol. The summed E-state index contributed by atoms with van der Waals surface area (Å²) in [5.74, 6) is -0.555. The molecule has 114 valence electrons. The molecule has 4 nitrogen and oxygen atoms in total.